The number of aliphatic carboxylic acids is 1. The van der Waals surface area contributed by atoms with Crippen LogP contribution in [-0.4, -0.2) is 44.8 Å². The van der Waals surface area contributed by atoms with Crippen molar-refractivity contribution in [2.45, 2.75) is 26.2 Å². The molecule has 0 atom stereocenters. The number of likely N-dealkylation sites (N-methyl/N-ethyl adjacent to an activating group) is 1. The second-order valence-corrected chi connectivity index (χ2v) is 5.59. The number of para-hydroxylation sites is 1. The van der Waals surface area contributed by atoms with Crippen LogP contribution >= 0.6 is 0 Å². The van der Waals surface area contributed by atoms with E-state index in [9.17, 15) is 9.59 Å². The standard InChI is InChI=1S/C17H19N3O3/c1-2-19(11-15(21)22)17(23)16-13-9-6-10-14(13)20(18-16)12-7-4-3-5-8-12/h3-5,7-8H,2,6,9-11H2,1H3,(H,21,22). The van der Waals surface area contributed by atoms with Gasteiger partial charge in [0.25, 0.3) is 5.91 Å². The SMILES string of the molecule is CCN(CC(=O)O)C(=O)c1nn(-c2ccccc2)c2c1CCC2. The van der Waals surface area contributed by atoms with Crippen LogP contribution in [0.15, 0.2) is 30.3 Å². The predicted octanol–water partition coefficient (Wildman–Crippen LogP) is 1.91. The minimum atomic E-state index is -1.01. The summed E-state index contributed by atoms with van der Waals surface area (Å²) >= 11 is 0. The van der Waals surface area contributed by atoms with Crippen molar-refractivity contribution >= 4 is 11.9 Å². The van der Waals surface area contributed by atoms with Crippen molar-refractivity contribution in [1.82, 2.24) is 14.7 Å². The number of rotatable bonds is 5. The predicted molar refractivity (Wildman–Crippen MR) is 84.8 cm³/mol. The van der Waals surface area contributed by atoms with E-state index in [4.69, 9.17) is 5.11 Å². The number of carboxylic acids is 1. The number of nitrogens with zero attached hydrogens (tertiary/aromatic N) is 3. The molecule has 3 rings (SSSR count). The average Bonchev–Trinajstić information content (AvgIpc) is 3.14. The van der Waals surface area contributed by atoms with Gasteiger partial charge in [-0.05, 0) is 38.3 Å². The van der Waals surface area contributed by atoms with Crippen LogP contribution in [0.1, 0.15) is 35.1 Å². The van der Waals surface area contributed by atoms with Crippen LogP contribution in [0.4, 0.5) is 0 Å². The first-order chi connectivity index (χ1) is 11.1. The van der Waals surface area contributed by atoms with E-state index in [1.165, 1.54) is 4.90 Å². The molecule has 1 N–H and O–H groups in total. The van der Waals surface area contributed by atoms with Gasteiger partial charge < -0.3 is 10.0 Å². The molecule has 0 unspecified atom stereocenters. The van der Waals surface area contributed by atoms with E-state index in [1.54, 1.807) is 6.92 Å². The first-order valence-corrected chi connectivity index (χ1v) is 7.79. The van der Waals surface area contributed by atoms with Crippen molar-refractivity contribution in [3.8, 4) is 5.69 Å². The maximum absolute atomic E-state index is 12.7. The topological polar surface area (TPSA) is 75.4 Å². The first-order valence-electron chi connectivity index (χ1n) is 7.79. The molecule has 0 fully saturated rings. The summed E-state index contributed by atoms with van der Waals surface area (Å²) in [6.45, 7) is 1.82. The number of carboxylic acid groups (broad SMARTS) is 1. The Hall–Kier alpha value is -2.63. The maximum Gasteiger partial charge on any atom is 0.323 e. The molecule has 0 saturated carbocycles. The zero-order valence-corrected chi connectivity index (χ0v) is 13.0. The minimum Gasteiger partial charge on any atom is -0.480 e. The van der Waals surface area contributed by atoms with Gasteiger partial charge in [-0.3, -0.25) is 9.59 Å². The van der Waals surface area contributed by atoms with E-state index in [2.05, 4.69) is 5.10 Å². The summed E-state index contributed by atoms with van der Waals surface area (Å²) < 4.78 is 1.82. The van der Waals surface area contributed by atoms with E-state index in [0.29, 0.717) is 12.2 Å². The summed E-state index contributed by atoms with van der Waals surface area (Å²) in [7, 11) is 0. The molecule has 1 aliphatic rings. The minimum absolute atomic E-state index is 0.303. The monoisotopic (exact) mass is 313 g/mol. The lowest BCUT2D eigenvalue weighted by atomic mass is 10.2. The van der Waals surface area contributed by atoms with Crippen LogP contribution in [0.3, 0.4) is 0 Å². The zero-order chi connectivity index (χ0) is 16.4. The number of fused-ring (bicyclic) bond motifs is 1. The van der Waals surface area contributed by atoms with Gasteiger partial charge in [0.1, 0.15) is 6.54 Å². The number of amides is 1. The van der Waals surface area contributed by atoms with Crippen LogP contribution in [0.2, 0.25) is 0 Å². The number of carbonyl (C=O) groups excluding carboxylic acids is 1. The molecule has 0 saturated heterocycles. The smallest absolute Gasteiger partial charge is 0.323 e. The molecule has 23 heavy (non-hydrogen) atoms. The second kappa shape index (κ2) is 6.24. The van der Waals surface area contributed by atoms with Crippen LogP contribution in [0.5, 0.6) is 0 Å². The molecule has 1 aliphatic carbocycles. The molecule has 6 heteroatoms. The van der Waals surface area contributed by atoms with Crippen molar-refractivity contribution in [1.29, 1.82) is 0 Å². The van der Waals surface area contributed by atoms with Crippen molar-refractivity contribution in [3.63, 3.8) is 0 Å². The van der Waals surface area contributed by atoms with Gasteiger partial charge in [0.05, 0.1) is 5.69 Å². The molecule has 0 aliphatic heterocycles. The van der Waals surface area contributed by atoms with Gasteiger partial charge in [-0.25, -0.2) is 4.68 Å². The Morgan fingerprint density at radius 3 is 2.65 bits per heavy atom. The molecule has 120 valence electrons. The fourth-order valence-corrected chi connectivity index (χ4v) is 3.03. The summed E-state index contributed by atoms with van der Waals surface area (Å²) in [4.78, 5) is 25.0. The summed E-state index contributed by atoms with van der Waals surface area (Å²) in [5.74, 6) is -1.32. The van der Waals surface area contributed by atoms with Crippen molar-refractivity contribution in [3.05, 3.63) is 47.3 Å². The van der Waals surface area contributed by atoms with Crippen LogP contribution in [0.25, 0.3) is 5.69 Å². The van der Waals surface area contributed by atoms with Crippen molar-refractivity contribution < 1.29 is 14.7 Å². The zero-order valence-electron chi connectivity index (χ0n) is 13.0. The molecule has 1 aromatic carbocycles. The van der Waals surface area contributed by atoms with Gasteiger partial charge in [-0.15, -0.1) is 0 Å². The summed E-state index contributed by atoms with van der Waals surface area (Å²) in [5.41, 5.74) is 3.34. The number of aromatic nitrogens is 2. The Balaban J connectivity index is 2.01. The first kappa shape index (κ1) is 15.3. The molecule has 0 bridgehead atoms. The molecular weight excluding hydrogens is 294 g/mol. The summed E-state index contributed by atoms with van der Waals surface area (Å²) in [5, 5.41) is 13.5. The van der Waals surface area contributed by atoms with E-state index in [0.717, 1.165) is 36.2 Å². The van der Waals surface area contributed by atoms with Crippen molar-refractivity contribution in [2.24, 2.45) is 0 Å². The summed E-state index contributed by atoms with van der Waals surface area (Å²) in [6.07, 6.45) is 2.69. The number of hydrogen-bond donors (Lipinski definition) is 1. The number of carbonyl (C=O) groups is 2. The van der Waals surface area contributed by atoms with Crippen LogP contribution in [0, 0.1) is 0 Å². The molecule has 1 aromatic heterocycles. The lowest BCUT2D eigenvalue weighted by Crippen LogP contribution is -2.36. The second-order valence-electron chi connectivity index (χ2n) is 5.59. The molecule has 0 spiro atoms. The highest BCUT2D eigenvalue weighted by Gasteiger charge is 2.29. The quantitative estimate of drug-likeness (QED) is 0.915. The Morgan fingerprint density at radius 2 is 2.00 bits per heavy atom. The fraction of sp³-hybridized carbons (Fsp3) is 0.353. The highest BCUT2D eigenvalue weighted by Crippen LogP contribution is 2.28. The Bertz CT molecular complexity index is 737. The third kappa shape index (κ3) is 2.84. The Morgan fingerprint density at radius 1 is 1.26 bits per heavy atom. The maximum atomic E-state index is 12.7. The van der Waals surface area contributed by atoms with Crippen molar-refractivity contribution in [2.75, 3.05) is 13.1 Å². The van der Waals surface area contributed by atoms with Gasteiger partial charge in [0.2, 0.25) is 0 Å². The van der Waals surface area contributed by atoms with Gasteiger partial charge in [-0.2, -0.15) is 5.10 Å². The summed E-state index contributed by atoms with van der Waals surface area (Å²) in [6, 6.07) is 9.71. The van der Waals surface area contributed by atoms with Gasteiger partial charge in [0.15, 0.2) is 5.69 Å². The average molecular weight is 313 g/mol. The van der Waals surface area contributed by atoms with E-state index < -0.39 is 5.97 Å². The number of hydrogen-bond acceptors (Lipinski definition) is 3. The lowest BCUT2D eigenvalue weighted by molar-refractivity contribution is -0.137. The van der Waals surface area contributed by atoms with Gasteiger partial charge in [0, 0.05) is 17.8 Å². The molecular formula is C17H19N3O3. The lowest BCUT2D eigenvalue weighted by Gasteiger charge is -2.17. The molecule has 6 nitrogen and oxygen atoms in total. The molecule has 1 heterocycles. The number of benzene rings is 1. The molecule has 2 aromatic rings. The largest absolute Gasteiger partial charge is 0.480 e. The van der Waals surface area contributed by atoms with Gasteiger partial charge >= 0.3 is 5.97 Å². The fourth-order valence-electron chi connectivity index (χ4n) is 3.03. The normalized spacial score (nSPS) is 12.9. The highest BCUT2D eigenvalue weighted by molar-refractivity contribution is 5.96. The third-order valence-corrected chi connectivity index (χ3v) is 4.13. The van der Waals surface area contributed by atoms with Crippen LogP contribution < -0.4 is 0 Å². The third-order valence-electron chi connectivity index (χ3n) is 4.13. The van der Waals surface area contributed by atoms with E-state index >= 15 is 0 Å². The van der Waals surface area contributed by atoms with E-state index in [-0.39, 0.29) is 12.5 Å². The Kier molecular flexibility index (Phi) is 4.14. The van der Waals surface area contributed by atoms with Gasteiger partial charge in [-0.1, -0.05) is 18.2 Å². The van der Waals surface area contributed by atoms with Crippen LogP contribution in [-0.2, 0) is 17.6 Å². The molecule has 0 radical (unpaired) electrons. The van der Waals surface area contributed by atoms with E-state index in [1.807, 2.05) is 35.0 Å². The molecule has 1 amide bonds. The Labute approximate surface area is 134 Å². The highest BCUT2D eigenvalue weighted by atomic mass is 16.4.